The molecule has 0 aliphatic carbocycles. The van der Waals surface area contributed by atoms with Crippen LogP contribution in [0.4, 0.5) is 5.13 Å². The second kappa shape index (κ2) is 7.88. The molecule has 2 aromatic carbocycles. The summed E-state index contributed by atoms with van der Waals surface area (Å²) in [5, 5.41) is 13.4. The molecule has 30 heavy (non-hydrogen) atoms. The van der Waals surface area contributed by atoms with Crippen molar-refractivity contribution in [1.82, 2.24) is 4.98 Å². The first kappa shape index (κ1) is 20.0. The van der Waals surface area contributed by atoms with Crippen LogP contribution in [0.25, 0.3) is 5.76 Å². The molecule has 1 fully saturated rings. The molecule has 1 atom stereocenters. The van der Waals surface area contributed by atoms with Crippen LogP contribution in [-0.2, 0) is 16.0 Å². The number of carbonyl (C=O) groups excluding carboxylic acids is 2. The molecule has 6 heteroatoms. The van der Waals surface area contributed by atoms with Crippen LogP contribution in [0.3, 0.4) is 0 Å². The van der Waals surface area contributed by atoms with Crippen LogP contribution in [0, 0.1) is 13.8 Å². The zero-order valence-electron chi connectivity index (χ0n) is 17.0. The molecule has 3 aromatic rings. The first-order valence-electron chi connectivity index (χ1n) is 9.79. The van der Waals surface area contributed by atoms with E-state index in [1.807, 2.05) is 56.3 Å². The molecule has 0 radical (unpaired) electrons. The number of aliphatic hydroxyl groups excluding tert-OH is 1. The topological polar surface area (TPSA) is 70.5 Å². The highest BCUT2D eigenvalue weighted by molar-refractivity contribution is 7.14. The van der Waals surface area contributed by atoms with Gasteiger partial charge in [-0.15, -0.1) is 11.3 Å². The third-order valence-electron chi connectivity index (χ3n) is 5.42. The Balaban J connectivity index is 1.95. The van der Waals surface area contributed by atoms with Gasteiger partial charge in [0.25, 0.3) is 5.78 Å². The summed E-state index contributed by atoms with van der Waals surface area (Å²) in [6.07, 6.45) is 2.48. The number of aromatic nitrogens is 1. The number of hydrogen-bond donors (Lipinski definition) is 1. The van der Waals surface area contributed by atoms with Crippen molar-refractivity contribution in [3.8, 4) is 0 Å². The molecule has 0 saturated carbocycles. The molecule has 152 valence electrons. The maximum atomic E-state index is 13.1. The van der Waals surface area contributed by atoms with Gasteiger partial charge in [0.2, 0.25) is 0 Å². The van der Waals surface area contributed by atoms with Crippen molar-refractivity contribution in [3.05, 3.63) is 87.4 Å². The fourth-order valence-corrected chi connectivity index (χ4v) is 4.42. The lowest BCUT2D eigenvalue weighted by Crippen LogP contribution is -2.29. The van der Waals surface area contributed by atoms with Gasteiger partial charge in [-0.05, 0) is 43.0 Å². The van der Waals surface area contributed by atoms with E-state index in [9.17, 15) is 14.7 Å². The smallest absolute Gasteiger partial charge is 0.301 e. The van der Waals surface area contributed by atoms with E-state index in [0.717, 1.165) is 28.7 Å². The summed E-state index contributed by atoms with van der Waals surface area (Å²) in [6, 6.07) is 12.7. The fraction of sp³-hybridized carbons (Fsp3) is 0.208. The Bertz CT molecular complexity index is 1150. The second-order valence-corrected chi connectivity index (χ2v) is 8.27. The monoisotopic (exact) mass is 418 g/mol. The van der Waals surface area contributed by atoms with E-state index in [2.05, 4.69) is 11.9 Å². The summed E-state index contributed by atoms with van der Waals surface area (Å²) in [6.45, 7) is 5.86. The Hall–Kier alpha value is -3.25. The summed E-state index contributed by atoms with van der Waals surface area (Å²) >= 11 is 1.28. The van der Waals surface area contributed by atoms with Crippen molar-refractivity contribution in [1.29, 1.82) is 0 Å². The lowest BCUT2D eigenvalue weighted by molar-refractivity contribution is -0.132. The molecule has 1 aliphatic rings. The SMILES string of the molecule is CCc1ccc(C2C(=C(O)c3cc(C)ccc3C)C(=O)C(=O)N2c2nccs2)cc1. The number of nitrogens with zero attached hydrogens (tertiary/aromatic N) is 2. The van der Waals surface area contributed by atoms with Gasteiger partial charge in [0, 0.05) is 17.1 Å². The highest BCUT2D eigenvalue weighted by Gasteiger charge is 2.48. The Morgan fingerprint density at radius 1 is 1.13 bits per heavy atom. The van der Waals surface area contributed by atoms with E-state index in [4.69, 9.17) is 0 Å². The van der Waals surface area contributed by atoms with Crippen LogP contribution in [0.15, 0.2) is 59.6 Å². The number of Topliss-reactive ketones (excluding diaryl/α,β-unsaturated/α-hetero) is 1. The lowest BCUT2D eigenvalue weighted by Gasteiger charge is -2.23. The van der Waals surface area contributed by atoms with Gasteiger partial charge in [-0.1, -0.05) is 48.9 Å². The van der Waals surface area contributed by atoms with Gasteiger partial charge in [-0.2, -0.15) is 0 Å². The van der Waals surface area contributed by atoms with Gasteiger partial charge in [0.15, 0.2) is 5.13 Å². The molecule has 4 rings (SSSR count). The maximum Gasteiger partial charge on any atom is 0.301 e. The molecule has 1 N–H and O–H groups in total. The van der Waals surface area contributed by atoms with Crippen LogP contribution < -0.4 is 4.90 Å². The number of ketones is 1. The molecule has 1 unspecified atom stereocenters. The number of hydrogen-bond acceptors (Lipinski definition) is 5. The quantitative estimate of drug-likeness (QED) is 0.370. The Kier molecular flexibility index (Phi) is 5.26. The number of benzene rings is 2. The highest BCUT2D eigenvalue weighted by atomic mass is 32.1. The van der Waals surface area contributed by atoms with Gasteiger partial charge in [-0.3, -0.25) is 14.5 Å². The predicted octanol–water partition coefficient (Wildman–Crippen LogP) is 4.95. The molecule has 1 saturated heterocycles. The maximum absolute atomic E-state index is 13.1. The van der Waals surface area contributed by atoms with Gasteiger partial charge in [-0.25, -0.2) is 4.98 Å². The third-order valence-corrected chi connectivity index (χ3v) is 6.19. The van der Waals surface area contributed by atoms with E-state index in [1.165, 1.54) is 16.2 Å². The van der Waals surface area contributed by atoms with Crippen molar-refractivity contribution in [2.45, 2.75) is 33.2 Å². The predicted molar refractivity (Wildman–Crippen MR) is 119 cm³/mol. The van der Waals surface area contributed by atoms with Crippen LogP contribution in [-0.4, -0.2) is 21.8 Å². The van der Waals surface area contributed by atoms with E-state index < -0.39 is 17.7 Å². The van der Waals surface area contributed by atoms with Crippen molar-refractivity contribution < 1.29 is 14.7 Å². The van der Waals surface area contributed by atoms with Crippen molar-refractivity contribution in [2.24, 2.45) is 0 Å². The molecule has 0 bridgehead atoms. The van der Waals surface area contributed by atoms with Crippen LogP contribution in [0.2, 0.25) is 0 Å². The standard InChI is InChI=1S/C24H22N2O3S/c1-4-16-7-9-17(10-8-16)20-19(21(27)18-13-14(2)5-6-15(18)3)22(28)23(29)26(20)24-25-11-12-30-24/h5-13,20,27H,4H2,1-3H3. The van der Waals surface area contributed by atoms with Gasteiger partial charge in [0.05, 0.1) is 11.6 Å². The molecule has 2 heterocycles. The first-order valence-corrected chi connectivity index (χ1v) is 10.7. The fourth-order valence-electron chi connectivity index (χ4n) is 3.75. The molecular formula is C24H22N2O3S. The number of thiazole rings is 1. The Labute approximate surface area is 179 Å². The van der Waals surface area contributed by atoms with E-state index >= 15 is 0 Å². The summed E-state index contributed by atoms with van der Waals surface area (Å²) in [7, 11) is 0. The zero-order chi connectivity index (χ0) is 21.4. The Morgan fingerprint density at radius 3 is 2.50 bits per heavy atom. The minimum absolute atomic E-state index is 0.0909. The lowest BCUT2D eigenvalue weighted by atomic mass is 9.93. The molecule has 5 nitrogen and oxygen atoms in total. The molecular weight excluding hydrogens is 396 g/mol. The number of aliphatic hydroxyl groups is 1. The minimum Gasteiger partial charge on any atom is -0.507 e. The molecule has 0 spiro atoms. The first-order chi connectivity index (χ1) is 14.4. The molecule has 1 aliphatic heterocycles. The van der Waals surface area contributed by atoms with Crippen molar-refractivity contribution in [3.63, 3.8) is 0 Å². The normalized spacial score (nSPS) is 18.2. The molecule has 1 aromatic heterocycles. The van der Waals surface area contributed by atoms with Crippen molar-refractivity contribution in [2.75, 3.05) is 4.90 Å². The number of carbonyl (C=O) groups is 2. The van der Waals surface area contributed by atoms with E-state index in [1.54, 1.807) is 11.6 Å². The van der Waals surface area contributed by atoms with Crippen LogP contribution in [0.5, 0.6) is 0 Å². The van der Waals surface area contributed by atoms with E-state index in [0.29, 0.717) is 10.7 Å². The number of aryl methyl sites for hydroxylation is 3. The Morgan fingerprint density at radius 2 is 1.87 bits per heavy atom. The minimum atomic E-state index is -0.734. The number of amides is 1. The van der Waals surface area contributed by atoms with Crippen LogP contribution in [0.1, 0.15) is 40.8 Å². The van der Waals surface area contributed by atoms with Gasteiger partial charge < -0.3 is 5.11 Å². The summed E-state index contributed by atoms with van der Waals surface area (Å²) < 4.78 is 0. The third kappa shape index (κ3) is 3.33. The van der Waals surface area contributed by atoms with Crippen LogP contribution >= 0.6 is 11.3 Å². The number of anilines is 1. The second-order valence-electron chi connectivity index (χ2n) is 7.40. The molecule has 1 amide bonds. The van der Waals surface area contributed by atoms with Crippen molar-refractivity contribution >= 4 is 33.9 Å². The van der Waals surface area contributed by atoms with Gasteiger partial charge in [0.1, 0.15) is 5.76 Å². The van der Waals surface area contributed by atoms with Gasteiger partial charge >= 0.3 is 5.91 Å². The summed E-state index contributed by atoms with van der Waals surface area (Å²) in [4.78, 5) is 31.8. The average molecular weight is 419 g/mol. The summed E-state index contributed by atoms with van der Waals surface area (Å²) in [5.74, 6) is -1.53. The largest absolute Gasteiger partial charge is 0.507 e. The zero-order valence-corrected chi connectivity index (χ0v) is 17.9. The van der Waals surface area contributed by atoms with E-state index in [-0.39, 0.29) is 11.3 Å². The highest BCUT2D eigenvalue weighted by Crippen LogP contribution is 2.43. The average Bonchev–Trinajstić information content (AvgIpc) is 3.36. The summed E-state index contributed by atoms with van der Waals surface area (Å²) in [5.41, 5.74) is 4.35. The number of rotatable bonds is 4.